The number of benzene rings is 1. The van der Waals surface area contributed by atoms with Gasteiger partial charge in [-0.05, 0) is 24.7 Å². The lowest BCUT2D eigenvalue weighted by Crippen LogP contribution is -2.00. The summed E-state index contributed by atoms with van der Waals surface area (Å²) in [5, 5.41) is 16.0. The number of rotatable bonds is 5. The standard InChI is InChI=1S/C17H17N7S/c1-2-22-11-14(8-18-22)16-20-21-17(25)24(16)15-9-19-23(12-15)10-13-6-4-3-5-7-13/h3-9,11-12H,2,10H2,1H3,(H,21,25). The molecular formula is C17H17N7S. The molecule has 1 aromatic carbocycles. The fraction of sp³-hybridized carbons (Fsp3) is 0.176. The molecule has 0 unspecified atom stereocenters. The van der Waals surface area contributed by atoms with Gasteiger partial charge in [-0.25, -0.2) is 0 Å². The van der Waals surface area contributed by atoms with Crippen LogP contribution in [0.25, 0.3) is 17.1 Å². The zero-order valence-electron chi connectivity index (χ0n) is 13.7. The number of nitrogens with zero attached hydrogens (tertiary/aromatic N) is 6. The first-order chi connectivity index (χ1) is 12.2. The summed E-state index contributed by atoms with van der Waals surface area (Å²) in [6.45, 7) is 3.55. The predicted octanol–water partition coefficient (Wildman–Crippen LogP) is 3.06. The van der Waals surface area contributed by atoms with E-state index in [1.165, 1.54) is 5.56 Å². The molecule has 0 saturated heterocycles. The minimum absolute atomic E-state index is 0.526. The maximum Gasteiger partial charge on any atom is 0.200 e. The highest BCUT2D eigenvalue weighted by atomic mass is 32.1. The van der Waals surface area contributed by atoms with Crippen molar-refractivity contribution >= 4 is 12.2 Å². The van der Waals surface area contributed by atoms with Crippen LogP contribution in [0.5, 0.6) is 0 Å². The first-order valence-electron chi connectivity index (χ1n) is 8.01. The van der Waals surface area contributed by atoms with Crippen LogP contribution in [0.1, 0.15) is 12.5 Å². The smallest absolute Gasteiger partial charge is 0.200 e. The monoisotopic (exact) mass is 351 g/mol. The molecule has 0 aliphatic rings. The molecular weight excluding hydrogens is 334 g/mol. The molecule has 0 bridgehead atoms. The summed E-state index contributed by atoms with van der Waals surface area (Å²) in [5.41, 5.74) is 2.97. The second-order valence-corrected chi connectivity index (χ2v) is 6.04. The Kier molecular flexibility index (Phi) is 4.02. The van der Waals surface area contributed by atoms with Gasteiger partial charge in [0.15, 0.2) is 10.6 Å². The minimum Gasteiger partial charge on any atom is -0.272 e. The van der Waals surface area contributed by atoms with E-state index in [9.17, 15) is 0 Å². The van der Waals surface area contributed by atoms with Crippen LogP contribution in [0.4, 0.5) is 0 Å². The van der Waals surface area contributed by atoms with Crippen molar-refractivity contribution in [3.8, 4) is 17.1 Å². The van der Waals surface area contributed by atoms with Crippen molar-refractivity contribution in [1.82, 2.24) is 34.3 Å². The zero-order chi connectivity index (χ0) is 17.2. The van der Waals surface area contributed by atoms with E-state index in [1.54, 1.807) is 12.4 Å². The van der Waals surface area contributed by atoms with E-state index in [4.69, 9.17) is 12.2 Å². The quantitative estimate of drug-likeness (QED) is 0.561. The van der Waals surface area contributed by atoms with Crippen molar-refractivity contribution in [2.24, 2.45) is 0 Å². The minimum atomic E-state index is 0.526. The molecule has 0 radical (unpaired) electrons. The lowest BCUT2D eigenvalue weighted by molar-refractivity contribution is 0.660. The van der Waals surface area contributed by atoms with E-state index >= 15 is 0 Å². The second kappa shape index (κ2) is 6.48. The van der Waals surface area contributed by atoms with Gasteiger partial charge in [-0.3, -0.25) is 19.0 Å². The Hall–Kier alpha value is -3.00. The van der Waals surface area contributed by atoms with Crippen LogP contribution in [-0.4, -0.2) is 34.3 Å². The lowest BCUT2D eigenvalue weighted by Gasteiger charge is -2.02. The highest BCUT2D eigenvalue weighted by molar-refractivity contribution is 7.71. The number of H-pyrrole nitrogens is 1. The average molecular weight is 351 g/mol. The molecule has 0 aliphatic heterocycles. The molecule has 0 saturated carbocycles. The van der Waals surface area contributed by atoms with Crippen LogP contribution in [0.15, 0.2) is 55.1 Å². The van der Waals surface area contributed by atoms with Gasteiger partial charge in [0.05, 0.1) is 30.2 Å². The van der Waals surface area contributed by atoms with Gasteiger partial charge >= 0.3 is 0 Å². The normalized spacial score (nSPS) is 11.1. The van der Waals surface area contributed by atoms with Crippen LogP contribution in [0, 0.1) is 4.77 Å². The summed E-state index contributed by atoms with van der Waals surface area (Å²) >= 11 is 5.41. The first kappa shape index (κ1) is 15.5. The van der Waals surface area contributed by atoms with Gasteiger partial charge in [-0.2, -0.15) is 15.3 Å². The van der Waals surface area contributed by atoms with Crippen LogP contribution in [0.2, 0.25) is 0 Å². The second-order valence-electron chi connectivity index (χ2n) is 5.65. The fourth-order valence-corrected chi connectivity index (χ4v) is 2.94. The van der Waals surface area contributed by atoms with E-state index in [-0.39, 0.29) is 0 Å². The third kappa shape index (κ3) is 3.03. The average Bonchev–Trinajstić information content (AvgIpc) is 3.35. The van der Waals surface area contributed by atoms with Gasteiger partial charge in [0.1, 0.15) is 0 Å². The first-order valence-corrected chi connectivity index (χ1v) is 8.42. The number of aromatic nitrogens is 7. The van der Waals surface area contributed by atoms with Crippen LogP contribution >= 0.6 is 12.2 Å². The molecule has 1 N–H and O–H groups in total. The summed E-state index contributed by atoms with van der Waals surface area (Å²) in [6.07, 6.45) is 7.50. The Balaban J connectivity index is 1.69. The predicted molar refractivity (Wildman–Crippen MR) is 97.0 cm³/mol. The van der Waals surface area contributed by atoms with E-state index in [2.05, 4.69) is 32.5 Å². The number of hydrogen-bond acceptors (Lipinski definition) is 4. The maximum atomic E-state index is 5.41. The summed E-state index contributed by atoms with van der Waals surface area (Å²) in [4.78, 5) is 0. The van der Waals surface area contributed by atoms with E-state index in [1.807, 2.05) is 51.4 Å². The Bertz CT molecular complexity index is 1040. The van der Waals surface area contributed by atoms with E-state index in [0.29, 0.717) is 11.3 Å². The number of aryl methyl sites for hydroxylation is 1. The van der Waals surface area contributed by atoms with E-state index in [0.717, 1.165) is 23.6 Å². The maximum absolute atomic E-state index is 5.41. The number of hydrogen-bond donors (Lipinski definition) is 1. The van der Waals surface area contributed by atoms with Crippen molar-refractivity contribution in [1.29, 1.82) is 0 Å². The molecule has 25 heavy (non-hydrogen) atoms. The van der Waals surface area contributed by atoms with Crippen molar-refractivity contribution in [2.75, 3.05) is 0 Å². The van der Waals surface area contributed by atoms with Crippen molar-refractivity contribution < 1.29 is 0 Å². The van der Waals surface area contributed by atoms with Gasteiger partial charge < -0.3 is 0 Å². The zero-order valence-corrected chi connectivity index (χ0v) is 14.5. The van der Waals surface area contributed by atoms with Gasteiger partial charge in [0.25, 0.3) is 0 Å². The van der Waals surface area contributed by atoms with Crippen LogP contribution in [-0.2, 0) is 13.1 Å². The Morgan fingerprint density at radius 1 is 1.04 bits per heavy atom. The summed E-state index contributed by atoms with van der Waals surface area (Å²) in [7, 11) is 0. The lowest BCUT2D eigenvalue weighted by atomic mass is 10.2. The van der Waals surface area contributed by atoms with Crippen molar-refractivity contribution in [3.63, 3.8) is 0 Å². The third-order valence-corrected chi connectivity index (χ3v) is 4.23. The molecule has 3 heterocycles. The molecule has 0 aliphatic carbocycles. The highest BCUT2D eigenvalue weighted by Gasteiger charge is 2.14. The largest absolute Gasteiger partial charge is 0.272 e. The molecule has 3 aromatic heterocycles. The SMILES string of the molecule is CCn1cc(-c2n[nH]c(=S)n2-c2cnn(Cc3ccccc3)c2)cn1. The fourth-order valence-electron chi connectivity index (χ4n) is 2.71. The third-order valence-electron chi connectivity index (χ3n) is 3.95. The van der Waals surface area contributed by atoms with Gasteiger partial charge in [0.2, 0.25) is 0 Å². The Labute approximate surface area is 149 Å². The molecule has 0 amide bonds. The summed E-state index contributed by atoms with van der Waals surface area (Å²) < 4.78 is 6.15. The molecule has 0 spiro atoms. The van der Waals surface area contributed by atoms with Crippen molar-refractivity contribution in [2.45, 2.75) is 20.0 Å². The van der Waals surface area contributed by atoms with Crippen LogP contribution < -0.4 is 0 Å². The van der Waals surface area contributed by atoms with Crippen LogP contribution in [0.3, 0.4) is 0 Å². The number of aromatic amines is 1. The molecule has 0 fully saturated rings. The summed E-state index contributed by atoms with van der Waals surface area (Å²) in [6, 6.07) is 10.2. The van der Waals surface area contributed by atoms with Gasteiger partial charge in [-0.15, -0.1) is 0 Å². The Morgan fingerprint density at radius 2 is 1.84 bits per heavy atom. The van der Waals surface area contributed by atoms with Gasteiger partial charge in [-0.1, -0.05) is 30.3 Å². The molecule has 4 aromatic rings. The molecule has 8 heteroatoms. The Morgan fingerprint density at radius 3 is 2.60 bits per heavy atom. The number of nitrogens with one attached hydrogen (secondary N) is 1. The molecule has 7 nitrogen and oxygen atoms in total. The van der Waals surface area contributed by atoms with E-state index < -0.39 is 0 Å². The van der Waals surface area contributed by atoms with Gasteiger partial charge in [0, 0.05) is 18.9 Å². The summed E-state index contributed by atoms with van der Waals surface area (Å²) in [5.74, 6) is 0.726. The molecule has 0 atom stereocenters. The molecule has 126 valence electrons. The topological polar surface area (TPSA) is 69.2 Å². The molecule has 4 rings (SSSR count). The highest BCUT2D eigenvalue weighted by Crippen LogP contribution is 2.21. The van der Waals surface area contributed by atoms with Crippen molar-refractivity contribution in [3.05, 3.63) is 65.5 Å².